The number of benzene rings is 1. The Bertz CT molecular complexity index is 685. The molecule has 1 heterocycles. The lowest BCUT2D eigenvalue weighted by Crippen LogP contribution is -2.43. The lowest BCUT2D eigenvalue weighted by atomic mass is 9.74. The first-order valence-corrected chi connectivity index (χ1v) is 9.59. The zero-order valence-corrected chi connectivity index (χ0v) is 15.5. The fourth-order valence-corrected chi connectivity index (χ4v) is 3.88. The minimum Gasteiger partial charge on any atom is -0.469 e. The molecule has 0 spiro atoms. The van der Waals surface area contributed by atoms with Gasteiger partial charge < -0.3 is 14.8 Å². The molecule has 0 aliphatic heterocycles. The molecule has 0 bridgehead atoms. The molecule has 140 valence electrons. The van der Waals surface area contributed by atoms with Gasteiger partial charge in [0, 0.05) is 18.4 Å². The van der Waals surface area contributed by atoms with Crippen LogP contribution in [-0.2, 0) is 11.2 Å². The molecular weight excluding hydrogens is 326 g/mol. The Morgan fingerprint density at radius 1 is 1.19 bits per heavy atom. The molecule has 1 amide bonds. The number of furan rings is 1. The smallest absolute Gasteiger partial charge is 0.228 e. The minimum absolute atomic E-state index is 0.00338. The third-order valence-electron chi connectivity index (χ3n) is 5.67. The van der Waals surface area contributed by atoms with Gasteiger partial charge in [-0.05, 0) is 37.5 Å². The molecule has 3 rings (SSSR count). The fourth-order valence-electron chi connectivity index (χ4n) is 3.88. The second-order valence-corrected chi connectivity index (χ2v) is 7.68. The quantitative estimate of drug-likeness (QED) is 0.790. The van der Waals surface area contributed by atoms with Crippen molar-refractivity contribution in [2.75, 3.05) is 13.2 Å². The number of carbonyl (C=O) groups is 1. The Hall–Kier alpha value is -2.07. The van der Waals surface area contributed by atoms with Crippen LogP contribution in [0.3, 0.4) is 0 Å². The number of hydrogen-bond donors (Lipinski definition) is 2. The second kappa shape index (κ2) is 8.54. The van der Waals surface area contributed by atoms with E-state index in [1.807, 2.05) is 43.3 Å². The summed E-state index contributed by atoms with van der Waals surface area (Å²) in [5, 5.41) is 13.0. The largest absolute Gasteiger partial charge is 0.469 e. The van der Waals surface area contributed by atoms with Crippen LogP contribution in [0.15, 0.2) is 47.1 Å². The molecule has 1 saturated carbocycles. The van der Waals surface area contributed by atoms with Gasteiger partial charge in [0.05, 0.1) is 18.8 Å². The number of nitrogens with one attached hydrogen (secondary N) is 1. The van der Waals surface area contributed by atoms with E-state index >= 15 is 0 Å². The lowest BCUT2D eigenvalue weighted by Gasteiger charge is -2.36. The van der Waals surface area contributed by atoms with E-state index in [4.69, 9.17) is 4.42 Å². The zero-order valence-electron chi connectivity index (χ0n) is 15.5. The SMILES string of the molecule is Cc1ccc(C(Cc2ccco2)C(=O)NCC2(CO)CCCCC2)cc1. The number of hydrogen-bond acceptors (Lipinski definition) is 3. The van der Waals surface area contributed by atoms with Gasteiger partial charge in [-0.3, -0.25) is 4.79 Å². The Balaban J connectivity index is 1.72. The van der Waals surface area contributed by atoms with Crippen LogP contribution >= 0.6 is 0 Å². The molecule has 1 aromatic carbocycles. The van der Waals surface area contributed by atoms with E-state index < -0.39 is 0 Å². The average molecular weight is 355 g/mol. The highest BCUT2D eigenvalue weighted by molar-refractivity contribution is 5.84. The summed E-state index contributed by atoms with van der Waals surface area (Å²) in [5.74, 6) is 0.519. The molecule has 0 radical (unpaired) electrons. The number of amides is 1. The normalized spacial score (nSPS) is 17.6. The van der Waals surface area contributed by atoms with Crippen LogP contribution in [-0.4, -0.2) is 24.2 Å². The molecule has 1 aliphatic rings. The van der Waals surface area contributed by atoms with Crippen LogP contribution in [0.2, 0.25) is 0 Å². The van der Waals surface area contributed by atoms with Gasteiger partial charge in [-0.15, -0.1) is 0 Å². The molecular formula is C22H29NO3. The van der Waals surface area contributed by atoms with E-state index in [1.165, 1.54) is 12.0 Å². The van der Waals surface area contributed by atoms with Crippen LogP contribution in [0.5, 0.6) is 0 Å². The molecule has 2 aromatic rings. The standard InChI is InChI=1S/C22H29NO3/c1-17-7-9-18(10-8-17)20(14-19-6-5-13-26-19)21(25)23-15-22(16-24)11-3-2-4-12-22/h5-10,13,20,24H,2-4,11-12,14-16H2,1H3,(H,23,25). The summed E-state index contributed by atoms with van der Waals surface area (Å²) in [5.41, 5.74) is 2.01. The number of aliphatic hydroxyl groups excluding tert-OH is 1. The lowest BCUT2D eigenvalue weighted by molar-refractivity contribution is -0.123. The maximum Gasteiger partial charge on any atom is 0.228 e. The van der Waals surface area contributed by atoms with E-state index in [2.05, 4.69) is 5.32 Å². The van der Waals surface area contributed by atoms with Crippen molar-refractivity contribution in [1.29, 1.82) is 0 Å². The van der Waals surface area contributed by atoms with E-state index in [-0.39, 0.29) is 23.8 Å². The van der Waals surface area contributed by atoms with E-state index in [9.17, 15) is 9.90 Å². The number of carbonyl (C=O) groups excluding carboxylic acids is 1. The summed E-state index contributed by atoms with van der Waals surface area (Å²) in [4.78, 5) is 13.0. The number of aliphatic hydroxyl groups is 1. The fraction of sp³-hybridized carbons (Fsp3) is 0.500. The Labute approximate surface area is 155 Å². The molecule has 2 N–H and O–H groups in total. The summed E-state index contributed by atoms with van der Waals surface area (Å²) < 4.78 is 5.47. The van der Waals surface area contributed by atoms with E-state index in [0.717, 1.165) is 37.0 Å². The number of aryl methyl sites for hydroxylation is 1. The van der Waals surface area contributed by atoms with Gasteiger partial charge in [0.1, 0.15) is 5.76 Å². The predicted octanol–water partition coefficient (Wildman–Crippen LogP) is 3.97. The molecule has 4 nitrogen and oxygen atoms in total. The molecule has 26 heavy (non-hydrogen) atoms. The van der Waals surface area contributed by atoms with E-state index in [0.29, 0.717) is 13.0 Å². The third kappa shape index (κ3) is 4.55. The van der Waals surface area contributed by atoms with Gasteiger partial charge in [-0.2, -0.15) is 0 Å². The van der Waals surface area contributed by atoms with Crippen molar-refractivity contribution in [3.63, 3.8) is 0 Å². The van der Waals surface area contributed by atoms with Crippen LogP contribution in [0.4, 0.5) is 0 Å². The van der Waals surface area contributed by atoms with Crippen molar-refractivity contribution in [2.24, 2.45) is 5.41 Å². The van der Waals surface area contributed by atoms with Crippen molar-refractivity contribution in [3.05, 3.63) is 59.5 Å². The van der Waals surface area contributed by atoms with Crippen molar-refractivity contribution in [3.8, 4) is 0 Å². The van der Waals surface area contributed by atoms with Crippen molar-refractivity contribution in [2.45, 2.75) is 51.4 Å². The first-order valence-electron chi connectivity index (χ1n) is 9.59. The topological polar surface area (TPSA) is 62.5 Å². The van der Waals surface area contributed by atoms with Crippen LogP contribution in [0.1, 0.15) is 54.9 Å². The third-order valence-corrected chi connectivity index (χ3v) is 5.67. The highest BCUT2D eigenvalue weighted by atomic mass is 16.3. The van der Waals surface area contributed by atoms with Gasteiger partial charge in [-0.25, -0.2) is 0 Å². The maximum atomic E-state index is 13.0. The molecule has 1 aliphatic carbocycles. The number of rotatable bonds is 7. The van der Waals surface area contributed by atoms with Crippen LogP contribution in [0, 0.1) is 12.3 Å². The van der Waals surface area contributed by atoms with Gasteiger partial charge in [-0.1, -0.05) is 49.1 Å². The van der Waals surface area contributed by atoms with Crippen molar-refractivity contribution >= 4 is 5.91 Å². The summed E-state index contributed by atoms with van der Waals surface area (Å²) in [6, 6.07) is 11.9. The van der Waals surface area contributed by atoms with Gasteiger partial charge >= 0.3 is 0 Å². The second-order valence-electron chi connectivity index (χ2n) is 7.68. The molecule has 1 aromatic heterocycles. The first-order chi connectivity index (χ1) is 12.6. The summed E-state index contributed by atoms with van der Waals surface area (Å²) in [6.07, 6.45) is 7.62. The van der Waals surface area contributed by atoms with Crippen LogP contribution in [0.25, 0.3) is 0 Å². The highest BCUT2D eigenvalue weighted by Gasteiger charge is 2.33. The van der Waals surface area contributed by atoms with Gasteiger partial charge in [0.2, 0.25) is 5.91 Å². The summed E-state index contributed by atoms with van der Waals surface area (Å²) in [7, 11) is 0. The monoisotopic (exact) mass is 355 g/mol. The molecule has 1 fully saturated rings. The summed E-state index contributed by atoms with van der Waals surface area (Å²) >= 11 is 0. The predicted molar refractivity (Wildman–Crippen MR) is 102 cm³/mol. The Kier molecular flexibility index (Phi) is 6.15. The molecule has 0 saturated heterocycles. The van der Waals surface area contributed by atoms with Crippen LogP contribution < -0.4 is 5.32 Å². The zero-order chi connectivity index (χ0) is 18.4. The average Bonchev–Trinajstić information content (AvgIpc) is 3.19. The minimum atomic E-state index is -0.291. The van der Waals surface area contributed by atoms with Gasteiger partial charge in [0.15, 0.2) is 0 Å². The molecule has 1 unspecified atom stereocenters. The molecule has 1 atom stereocenters. The Morgan fingerprint density at radius 3 is 2.54 bits per heavy atom. The van der Waals surface area contributed by atoms with E-state index in [1.54, 1.807) is 6.26 Å². The first kappa shape index (κ1) is 18.7. The van der Waals surface area contributed by atoms with Crippen molar-refractivity contribution in [1.82, 2.24) is 5.32 Å². The Morgan fingerprint density at radius 2 is 1.92 bits per heavy atom. The maximum absolute atomic E-state index is 13.0. The summed E-state index contributed by atoms with van der Waals surface area (Å²) in [6.45, 7) is 2.73. The van der Waals surface area contributed by atoms with Gasteiger partial charge in [0.25, 0.3) is 0 Å². The van der Waals surface area contributed by atoms with Crippen molar-refractivity contribution < 1.29 is 14.3 Å². The highest BCUT2D eigenvalue weighted by Crippen LogP contribution is 2.35. The molecule has 4 heteroatoms.